The summed E-state index contributed by atoms with van der Waals surface area (Å²) in [5.41, 5.74) is 1.89. The van der Waals surface area contributed by atoms with Crippen molar-refractivity contribution in [3.05, 3.63) is 69.6 Å². The van der Waals surface area contributed by atoms with Crippen LogP contribution in [0.25, 0.3) is 6.08 Å². The second-order valence-electron chi connectivity index (χ2n) is 8.83. The fourth-order valence-electron chi connectivity index (χ4n) is 4.59. The van der Waals surface area contributed by atoms with E-state index in [1.807, 2.05) is 18.2 Å². The predicted molar refractivity (Wildman–Crippen MR) is 129 cm³/mol. The van der Waals surface area contributed by atoms with Crippen molar-refractivity contribution >= 4 is 18.0 Å². The highest BCUT2D eigenvalue weighted by Gasteiger charge is 2.29. The molecule has 2 aromatic rings. The SMILES string of the molecule is COC(=O)c1c(OC[C@H]2CC(=O)N(C)C2)cc(=O)n2c1CCN(C/C=C/c1ccccc1)CC2. The van der Waals surface area contributed by atoms with Gasteiger partial charge in [0.2, 0.25) is 5.91 Å². The molecule has 0 N–H and O–H groups in total. The molecular formula is C26H31N3O5. The van der Waals surface area contributed by atoms with Gasteiger partial charge in [0.15, 0.2) is 0 Å². The Morgan fingerprint density at radius 1 is 1.15 bits per heavy atom. The fourth-order valence-corrected chi connectivity index (χ4v) is 4.59. The van der Waals surface area contributed by atoms with E-state index in [0.717, 1.165) is 12.1 Å². The second kappa shape index (κ2) is 10.7. The number of nitrogens with zero attached hydrogens (tertiary/aromatic N) is 3. The number of aromatic nitrogens is 1. The standard InChI is InChI=1S/C26H31N3O5/c1-27-17-20(15-23(27)30)18-34-22-16-24(31)29-14-13-28(11-6-9-19-7-4-3-5-8-19)12-10-21(29)25(22)26(32)33-2/h3-9,16,20H,10-15,17-18H2,1-2H3/b9-6+/t20-/m0/s1. The number of pyridine rings is 1. The van der Waals surface area contributed by atoms with Crippen LogP contribution in [0.4, 0.5) is 0 Å². The highest BCUT2D eigenvalue weighted by atomic mass is 16.5. The largest absolute Gasteiger partial charge is 0.492 e. The van der Waals surface area contributed by atoms with Gasteiger partial charge in [0, 0.05) is 70.3 Å². The van der Waals surface area contributed by atoms with Crippen LogP contribution in [0.2, 0.25) is 0 Å². The average molecular weight is 466 g/mol. The van der Waals surface area contributed by atoms with E-state index in [2.05, 4.69) is 29.2 Å². The van der Waals surface area contributed by atoms with Crippen molar-refractivity contribution in [1.29, 1.82) is 0 Å². The highest BCUT2D eigenvalue weighted by Crippen LogP contribution is 2.26. The molecule has 0 saturated carbocycles. The third-order valence-electron chi connectivity index (χ3n) is 6.44. The molecular weight excluding hydrogens is 434 g/mol. The number of hydrogen-bond donors (Lipinski definition) is 0. The zero-order chi connectivity index (χ0) is 24.1. The number of rotatable bonds is 7. The van der Waals surface area contributed by atoms with Crippen LogP contribution in [0, 0.1) is 5.92 Å². The fraction of sp³-hybridized carbons (Fsp3) is 0.423. The number of esters is 1. The lowest BCUT2D eigenvalue weighted by atomic mass is 10.1. The van der Waals surface area contributed by atoms with Crippen LogP contribution in [0.1, 0.15) is 28.0 Å². The molecule has 1 atom stereocenters. The molecule has 4 rings (SSSR count). The first kappa shape index (κ1) is 23.8. The molecule has 0 unspecified atom stereocenters. The summed E-state index contributed by atoms with van der Waals surface area (Å²) in [7, 11) is 3.09. The van der Waals surface area contributed by atoms with E-state index in [4.69, 9.17) is 9.47 Å². The minimum absolute atomic E-state index is 0.0245. The lowest BCUT2D eigenvalue weighted by Crippen LogP contribution is -2.29. The van der Waals surface area contributed by atoms with Crippen molar-refractivity contribution in [3.63, 3.8) is 0 Å². The Labute approximate surface area is 199 Å². The maximum atomic E-state index is 12.9. The van der Waals surface area contributed by atoms with Gasteiger partial charge in [-0.05, 0) is 5.56 Å². The highest BCUT2D eigenvalue weighted by molar-refractivity contribution is 5.93. The minimum atomic E-state index is -0.518. The molecule has 1 fully saturated rings. The molecule has 0 bridgehead atoms. The molecule has 180 valence electrons. The Kier molecular flexibility index (Phi) is 7.47. The summed E-state index contributed by atoms with van der Waals surface area (Å²) >= 11 is 0. The van der Waals surface area contributed by atoms with Gasteiger partial charge in [-0.25, -0.2) is 4.79 Å². The van der Waals surface area contributed by atoms with Crippen LogP contribution in [0.15, 0.2) is 47.3 Å². The first-order valence-electron chi connectivity index (χ1n) is 11.6. The molecule has 3 heterocycles. The average Bonchev–Trinajstić information content (AvgIpc) is 3.02. The van der Waals surface area contributed by atoms with E-state index in [1.54, 1.807) is 16.5 Å². The first-order chi connectivity index (χ1) is 16.5. The van der Waals surface area contributed by atoms with Gasteiger partial charge >= 0.3 is 5.97 Å². The summed E-state index contributed by atoms with van der Waals surface area (Å²) < 4.78 is 12.7. The molecule has 8 heteroatoms. The van der Waals surface area contributed by atoms with Crippen molar-refractivity contribution in [2.75, 3.05) is 46.9 Å². The van der Waals surface area contributed by atoms with Gasteiger partial charge in [-0.2, -0.15) is 0 Å². The summed E-state index contributed by atoms with van der Waals surface area (Å²) in [6.07, 6.45) is 5.13. The van der Waals surface area contributed by atoms with Crippen LogP contribution in [-0.2, 0) is 22.5 Å². The second-order valence-corrected chi connectivity index (χ2v) is 8.83. The van der Waals surface area contributed by atoms with E-state index >= 15 is 0 Å². The topological polar surface area (TPSA) is 81.1 Å². The zero-order valence-corrected chi connectivity index (χ0v) is 19.7. The molecule has 34 heavy (non-hydrogen) atoms. The third kappa shape index (κ3) is 5.39. The summed E-state index contributed by atoms with van der Waals surface area (Å²) in [5.74, 6) is -0.181. The molecule has 8 nitrogen and oxygen atoms in total. The smallest absolute Gasteiger partial charge is 0.343 e. The Morgan fingerprint density at radius 3 is 2.65 bits per heavy atom. The summed E-state index contributed by atoms with van der Waals surface area (Å²) in [6, 6.07) is 11.5. The van der Waals surface area contributed by atoms with Gasteiger partial charge in [0.05, 0.1) is 13.7 Å². The minimum Gasteiger partial charge on any atom is -0.492 e. The monoisotopic (exact) mass is 465 g/mol. The van der Waals surface area contributed by atoms with Crippen molar-refractivity contribution in [2.45, 2.75) is 19.4 Å². The van der Waals surface area contributed by atoms with Gasteiger partial charge < -0.3 is 18.9 Å². The van der Waals surface area contributed by atoms with Gasteiger partial charge in [-0.1, -0.05) is 42.5 Å². The van der Waals surface area contributed by atoms with E-state index < -0.39 is 5.97 Å². The molecule has 2 aliphatic heterocycles. The quantitative estimate of drug-likeness (QED) is 0.583. The maximum Gasteiger partial charge on any atom is 0.343 e. The number of benzene rings is 1. The molecule has 1 aromatic heterocycles. The van der Waals surface area contributed by atoms with Crippen molar-refractivity contribution in [2.24, 2.45) is 5.92 Å². The van der Waals surface area contributed by atoms with Gasteiger partial charge in [0.25, 0.3) is 5.56 Å². The van der Waals surface area contributed by atoms with Gasteiger partial charge in [-0.3, -0.25) is 14.5 Å². The third-order valence-corrected chi connectivity index (χ3v) is 6.44. The normalized spacial score (nSPS) is 18.7. The molecule has 2 aliphatic rings. The Bertz CT molecular complexity index is 1130. The van der Waals surface area contributed by atoms with Crippen molar-refractivity contribution in [1.82, 2.24) is 14.4 Å². The summed E-state index contributed by atoms with van der Waals surface area (Å²) in [4.78, 5) is 41.4. The number of carbonyl (C=O) groups is 2. The zero-order valence-electron chi connectivity index (χ0n) is 19.7. The Hall–Kier alpha value is -3.39. The lowest BCUT2D eigenvalue weighted by Gasteiger charge is -2.18. The summed E-state index contributed by atoms with van der Waals surface area (Å²) in [6.45, 7) is 3.50. The van der Waals surface area contributed by atoms with Crippen LogP contribution in [0.3, 0.4) is 0 Å². The molecule has 1 saturated heterocycles. The van der Waals surface area contributed by atoms with Crippen LogP contribution in [0.5, 0.6) is 5.75 Å². The maximum absolute atomic E-state index is 12.9. The molecule has 0 spiro atoms. The number of likely N-dealkylation sites (tertiary alicyclic amines) is 1. The van der Waals surface area contributed by atoms with E-state index in [1.165, 1.54) is 13.2 Å². The predicted octanol–water partition coefficient (Wildman–Crippen LogP) is 2.06. The molecule has 0 aliphatic carbocycles. The van der Waals surface area contributed by atoms with E-state index in [-0.39, 0.29) is 29.7 Å². The van der Waals surface area contributed by atoms with E-state index in [9.17, 15) is 14.4 Å². The van der Waals surface area contributed by atoms with Gasteiger partial charge in [-0.15, -0.1) is 0 Å². The van der Waals surface area contributed by atoms with Gasteiger partial charge in [0.1, 0.15) is 11.3 Å². The number of fused-ring (bicyclic) bond motifs is 1. The first-order valence-corrected chi connectivity index (χ1v) is 11.6. The van der Waals surface area contributed by atoms with Crippen molar-refractivity contribution in [3.8, 4) is 5.75 Å². The lowest BCUT2D eigenvalue weighted by molar-refractivity contribution is -0.126. The number of amides is 1. The number of ether oxygens (including phenoxy) is 2. The van der Waals surface area contributed by atoms with Crippen molar-refractivity contribution < 1.29 is 19.1 Å². The molecule has 1 aromatic carbocycles. The summed E-state index contributed by atoms with van der Waals surface area (Å²) in [5, 5.41) is 0. The van der Waals surface area contributed by atoms with Crippen LogP contribution < -0.4 is 10.3 Å². The Balaban J connectivity index is 1.51. The number of hydrogen-bond acceptors (Lipinski definition) is 6. The van der Waals surface area contributed by atoms with Crippen LogP contribution >= 0.6 is 0 Å². The van der Waals surface area contributed by atoms with E-state index in [0.29, 0.717) is 50.3 Å². The van der Waals surface area contributed by atoms with Crippen LogP contribution in [-0.4, -0.2) is 73.2 Å². The number of carbonyl (C=O) groups excluding carboxylic acids is 2. The Morgan fingerprint density at radius 2 is 1.94 bits per heavy atom. The molecule has 1 amide bonds. The number of methoxy groups -OCH3 is 1. The molecule has 0 radical (unpaired) electrons.